The zero-order valence-corrected chi connectivity index (χ0v) is 19.0. The van der Waals surface area contributed by atoms with E-state index in [2.05, 4.69) is 15.8 Å². The third-order valence-electron chi connectivity index (χ3n) is 4.37. The van der Waals surface area contributed by atoms with Gasteiger partial charge >= 0.3 is 0 Å². The summed E-state index contributed by atoms with van der Waals surface area (Å²) in [5.41, 5.74) is 5.16. The Kier molecular flexibility index (Phi) is 9.35. The van der Waals surface area contributed by atoms with Crippen LogP contribution in [0.5, 0.6) is 11.5 Å². The second-order valence-corrected chi connectivity index (χ2v) is 7.89. The molecule has 0 fully saturated rings. The van der Waals surface area contributed by atoms with Crippen LogP contribution in [-0.4, -0.2) is 37.5 Å². The van der Waals surface area contributed by atoms with Gasteiger partial charge in [-0.1, -0.05) is 30.3 Å². The molecule has 2 N–H and O–H groups in total. The second kappa shape index (κ2) is 12.9. The number of nitrogens with zero attached hydrogens (tertiary/aromatic N) is 1. The summed E-state index contributed by atoms with van der Waals surface area (Å²) in [6.45, 7) is -0.0907. The van der Waals surface area contributed by atoms with Gasteiger partial charge in [-0.2, -0.15) is 5.10 Å². The Hall–Kier alpha value is -3.78. The van der Waals surface area contributed by atoms with Crippen molar-refractivity contribution in [3.05, 3.63) is 90.0 Å². The lowest BCUT2D eigenvalue weighted by molar-refractivity contribution is -0.119. The van der Waals surface area contributed by atoms with Crippen molar-refractivity contribution < 1.29 is 19.1 Å². The number of rotatable bonds is 11. The van der Waals surface area contributed by atoms with Crippen LogP contribution in [0.25, 0.3) is 0 Å². The number of benzene rings is 3. The lowest BCUT2D eigenvalue weighted by atomic mass is 10.2. The van der Waals surface area contributed by atoms with Crippen LogP contribution in [0.3, 0.4) is 0 Å². The molecule has 33 heavy (non-hydrogen) atoms. The first-order valence-corrected chi connectivity index (χ1v) is 11.4. The Labute approximate surface area is 197 Å². The van der Waals surface area contributed by atoms with E-state index in [0.717, 1.165) is 28.3 Å². The molecule has 0 spiro atoms. The standard InChI is InChI=1S/C25H25N3O4S/c1-31-22-11-9-20(10-12-22)17-33-18-25(30)28-26-15-19-7-13-23(14-8-19)32-16-24(29)27-21-5-3-2-4-6-21/h2-15H,16-18H2,1H3,(H,27,29)(H,28,30)/b26-15-. The summed E-state index contributed by atoms with van der Waals surface area (Å²) in [6.07, 6.45) is 1.55. The molecule has 3 aromatic rings. The van der Waals surface area contributed by atoms with Crippen molar-refractivity contribution >= 4 is 35.5 Å². The van der Waals surface area contributed by atoms with E-state index in [4.69, 9.17) is 9.47 Å². The van der Waals surface area contributed by atoms with Gasteiger partial charge in [-0.3, -0.25) is 9.59 Å². The van der Waals surface area contributed by atoms with Gasteiger partial charge in [-0.05, 0) is 59.7 Å². The summed E-state index contributed by atoms with van der Waals surface area (Å²) in [6, 6.07) is 24.0. The van der Waals surface area contributed by atoms with E-state index >= 15 is 0 Å². The molecule has 0 atom stereocenters. The van der Waals surface area contributed by atoms with Crippen LogP contribution in [0, 0.1) is 0 Å². The number of carbonyl (C=O) groups excluding carboxylic acids is 2. The number of carbonyl (C=O) groups is 2. The van der Waals surface area contributed by atoms with Gasteiger partial charge in [0.25, 0.3) is 5.91 Å². The topological polar surface area (TPSA) is 89.0 Å². The Bertz CT molecular complexity index is 1060. The number of hydrazone groups is 1. The molecule has 0 heterocycles. The predicted octanol–water partition coefficient (Wildman–Crippen LogP) is 4.10. The van der Waals surface area contributed by atoms with E-state index < -0.39 is 0 Å². The van der Waals surface area contributed by atoms with E-state index in [0.29, 0.717) is 11.5 Å². The second-order valence-electron chi connectivity index (χ2n) is 6.91. The van der Waals surface area contributed by atoms with Gasteiger partial charge in [0.2, 0.25) is 5.91 Å². The molecule has 3 rings (SSSR count). The minimum Gasteiger partial charge on any atom is -0.497 e. The first-order valence-electron chi connectivity index (χ1n) is 10.2. The summed E-state index contributed by atoms with van der Waals surface area (Å²) in [5, 5.41) is 6.74. The monoisotopic (exact) mass is 463 g/mol. The number of methoxy groups -OCH3 is 1. The quantitative estimate of drug-likeness (QED) is 0.330. The number of para-hydroxylation sites is 1. The molecule has 0 bridgehead atoms. The van der Waals surface area contributed by atoms with Gasteiger partial charge in [0.15, 0.2) is 6.61 Å². The van der Waals surface area contributed by atoms with E-state index in [1.54, 1.807) is 37.6 Å². The summed E-state index contributed by atoms with van der Waals surface area (Å²) in [5.74, 6) is 2.00. The number of amides is 2. The molecule has 0 saturated heterocycles. The highest BCUT2D eigenvalue weighted by Crippen LogP contribution is 2.16. The summed E-state index contributed by atoms with van der Waals surface area (Å²) in [7, 11) is 1.63. The fraction of sp³-hybridized carbons (Fsp3) is 0.160. The molecule has 170 valence electrons. The number of thioether (sulfide) groups is 1. The van der Waals surface area contributed by atoms with Crippen molar-refractivity contribution in [2.75, 3.05) is 24.8 Å². The van der Waals surface area contributed by atoms with Crippen molar-refractivity contribution in [1.29, 1.82) is 0 Å². The number of nitrogens with one attached hydrogen (secondary N) is 2. The van der Waals surface area contributed by atoms with Crippen LogP contribution >= 0.6 is 11.8 Å². The maximum atomic E-state index is 11.9. The number of hydrogen-bond acceptors (Lipinski definition) is 6. The van der Waals surface area contributed by atoms with Gasteiger partial charge in [-0.25, -0.2) is 5.43 Å². The number of ether oxygens (including phenoxy) is 2. The number of anilines is 1. The Morgan fingerprint density at radius 3 is 2.30 bits per heavy atom. The largest absolute Gasteiger partial charge is 0.497 e. The van der Waals surface area contributed by atoms with Crippen LogP contribution in [0.15, 0.2) is 84.0 Å². The highest BCUT2D eigenvalue weighted by Gasteiger charge is 2.04. The van der Waals surface area contributed by atoms with Crippen molar-refractivity contribution in [3.63, 3.8) is 0 Å². The molecule has 0 saturated carbocycles. The first-order chi connectivity index (χ1) is 16.1. The molecular weight excluding hydrogens is 438 g/mol. The molecule has 0 aliphatic heterocycles. The highest BCUT2D eigenvalue weighted by molar-refractivity contribution is 7.99. The van der Waals surface area contributed by atoms with Crippen LogP contribution in [-0.2, 0) is 15.3 Å². The molecular formula is C25H25N3O4S. The predicted molar refractivity (Wildman–Crippen MR) is 132 cm³/mol. The maximum absolute atomic E-state index is 11.9. The molecule has 8 heteroatoms. The fourth-order valence-electron chi connectivity index (χ4n) is 2.71. The van der Waals surface area contributed by atoms with Crippen molar-refractivity contribution in [2.45, 2.75) is 5.75 Å². The average Bonchev–Trinajstić information content (AvgIpc) is 2.84. The average molecular weight is 464 g/mol. The summed E-state index contributed by atoms with van der Waals surface area (Å²) < 4.78 is 10.6. The molecule has 0 aromatic heterocycles. The lowest BCUT2D eigenvalue weighted by Crippen LogP contribution is -2.20. The van der Waals surface area contributed by atoms with E-state index in [9.17, 15) is 9.59 Å². The van der Waals surface area contributed by atoms with Gasteiger partial charge in [-0.15, -0.1) is 11.8 Å². The Morgan fingerprint density at radius 2 is 1.61 bits per heavy atom. The molecule has 0 radical (unpaired) electrons. The zero-order valence-electron chi connectivity index (χ0n) is 18.2. The van der Waals surface area contributed by atoms with Gasteiger partial charge in [0.1, 0.15) is 11.5 Å². The molecule has 3 aromatic carbocycles. The van der Waals surface area contributed by atoms with Crippen LogP contribution in [0.2, 0.25) is 0 Å². The smallest absolute Gasteiger partial charge is 0.262 e. The van der Waals surface area contributed by atoms with Crippen LogP contribution in [0.1, 0.15) is 11.1 Å². The van der Waals surface area contributed by atoms with Crippen LogP contribution < -0.4 is 20.2 Å². The van der Waals surface area contributed by atoms with Crippen LogP contribution in [0.4, 0.5) is 5.69 Å². The zero-order chi connectivity index (χ0) is 23.3. The normalized spacial score (nSPS) is 10.6. The maximum Gasteiger partial charge on any atom is 0.262 e. The molecule has 2 amide bonds. The van der Waals surface area contributed by atoms with Gasteiger partial charge in [0, 0.05) is 11.4 Å². The van der Waals surface area contributed by atoms with E-state index in [1.165, 1.54) is 11.8 Å². The van der Waals surface area contributed by atoms with E-state index in [-0.39, 0.29) is 18.4 Å². The lowest BCUT2D eigenvalue weighted by Gasteiger charge is -2.07. The SMILES string of the molecule is COc1ccc(CSCC(=O)N/N=C\c2ccc(OCC(=O)Nc3ccccc3)cc2)cc1. The molecule has 7 nitrogen and oxygen atoms in total. The van der Waals surface area contributed by atoms with Gasteiger partial charge in [0.05, 0.1) is 19.1 Å². The minimum atomic E-state index is -0.237. The third-order valence-corrected chi connectivity index (χ3v) is 5.38. The molecule has 0 unspecified atom stereocenters. The summed E-state index contributed by atoms with van der Waals surface area (Å²) >= 11 is 1.51. The summed E-state index contributed by atoms with van der Waals surface area (Å²) in [4.78, 5) is 23.9. The van der Waals surface area contributed by atoms with E-state index in [1.807, 2.05) is 54.6 Å². The minimum absolute atomic E-state index is 0.0907. The van der Waals surface area contributed by atoms with Gasteiger partial charge < -0.3 is 14.8 Å². The fourth-order valence-corrected chi connectivity index (χ4v) is 3.49. The molecule has 0 aliphatic rings. The van der Waals surface area contributed by atoms with Crippen molar-refractivity contribution in [2.24, 2.45) is 5.10 Å². The molecule has 0 aliphatic carbocycles. The highest BCUT2D eigenvalue weighted by atomic mass is 32.2. The van der Waals surface area contributed by atoms with Crippen molar-refractivity contribution in [1.82, 2.24) is 5.43 Å². The van der Waals surface area contributed by atoms with Crippen molar-refractivity contribution in [3.8, 4) is 11.5 Å². The Balaban J connectivity index is 1.34. The third kappa shape index (κ3) is 8.70. The Morgan fingerprint density at radius 1 is 0.909 bits per heavy atom. The first kappa shape index (κ1) is 23.9. The number of hydrogen-bond donors (Lipinski definition) is 2.